The van der Waals surface area contributed by atoms with Gasteiger partial charge in [0.25, 0.3) is 0 Å². The molecule has 20 heavy (non-hydrogen) atoms. The third-order valence-electron chi connectivity index (χ3n) is 3.25. The molecule has 1 unspecified atom stereocenters. The van der Waals surface area contributed by atoms with Crippen molar-refractivity contribution in [1.29, 1.82) is 0 Å². The zero-order valence-electron chi connectivity index (χ0n) is 11.7. The van der Waals surface area contributed by atoms with E-state index in [0.29, 0.717) is 18.0 Å². The van der Waals surface area contributed by atoms with Gasteiger partial charge >= 0.3 is 6.03 Å². The van der Waals surface area contributed by atoms with Crippen molar-refractivity contribution in [2.24, 2.45) is 0 Å². The van der Waals surface area contributed by atoms with E-state index in [1.165, 1.54) is 25.3 Å². The number of benzene rings is 1. The zero-order chi connectivity index (χ0) is 14.5. The fourth-order valence-electron chi connectivity index (χ4n) is 2.16. The van der Waals surface area contributed by atoms with Gasteiger partial charge in [0.1, 0.15) is 11.6 Å². The smallest absolute Gasteiger partial charge is 0.321 e. The molecule has 1 N–H and O–H groups in total. The first kappa shape index (κ1) is 14.6. The van der Waals surface area contributed by atoms with E-state index in [1.807, 2.05) is 0 Å². The average molecular weight is 282 g/mol. The van der Waals surface area contributed by atoms with E-state index in [-0.39, 0.29) is 12.1 Å². The second-order valence-electron chi connectivity index (χ2n) is 4.79. The van der Waals surface area contributed by atoms with Crippen LogP contribution in [0.15, 0.2) is 18.2 Å². The maximum atomic E-state index is 13.1. The number of rotatable bonds is 4. The van der Waals surface area contributed by atoms with E-state index in [0.717, 1.165) is 19.4 Å². The number of carbonyl (C=O) groups excluding carboxylic acids is 1. The molecule has 0 spiro atoms. The summed E-state index contributed by atoms with van der Waals surface area (Å²) in [4.78, 5) is 13.6. The average Bonchev–Trinajstić information content (AvgIpc) is 2.93. The van der Waals surface area contributed by atoms with Crippen molar-refractivity contribution < 1.29 is 18.7 Å². The number of likely N-dealkylation sites (N-methyl/N-ethyl adjacent to an activating group) is 1. The van der Waals surface area contributed by atoms with Crippen LogP contribution in [0.25, 0.3) is 0 Å². The quantitative estimate of drug-likeness (QED) is 0.923. The van der Waals surface area contributed by atoms with Crippen LogP contribution in [-0.4, -0.2) is 44.3 Å². The van der Waals surface area contributed by atoms with Crippen LogP contribution >= 0.6 is 0 Å². The molecule has 0 radical (unpaired) electrons. The molecule has 1 aliphatic rings. The van der Waals surface area contributed by atoms with Gasteiger partial charge in [-0.15, -0.1) is 0 Å². The minimum Gasteiger partial charge on any atom is -0.494 e. The maximum absolute atomic E-state index is 13.1. The summed E-state index contributed by atoms with van der Waals surface area (Å²) in [5, 5.41) is 2.70. The Hall–Kier alpha value is -1.82. The molecular formula is C14H19FN2O3. The lowest BCUT2D eigenvalue weighted by molar-refractivity contribution is 0.0894. The first-order chi connectivity index (χ1) is 9.60. The highest BCUT2D eigenvalue weighted by molar-refractivity contribution is 5.90. The Kier molecular flexibility index (Phi) is 4.79. The molecule has 0 bridgehead atoms. The number of hydrogen-bond donors (Lipinski definition) is 1. The van der Waals surface area contributed by atoms with Crippen LogP contribution in [0.1, 0.15) is 12.8 Å². The zero-order valence-corrected chi connectivity index (χ0v) is 11.7. The van der Waals surface area contributed by atoms with Crippen molar-refractivity contribution in [3.63, 3.8) is 0 Å². The van der Waals surface area contributed by atoms with E-state index in [4.69, 9.17) is 9.47 Å². The van der Waals surface area contributed by atoms with Crippen molar-refractivity contribution in [2.45, 2.75) is 18.9 Å². The van der Waals surface area contributed by atoms with E-state index in [9.17, 15) is 9.18 Å². The van der Waals surface area contributed by atoms with Crippen molar-refractivity contribution in [3.8, 4) is 5.75 Å². The molecule has 1 heterocycles. The molecule has 2 rings (SSSR count). The first-order valence-corrected chi connectivity index (χ1v) is 6.57. The number of carbonyl (C=O) groups is 1. The largest absolute Gasteiger partial charge is 0.494 e. The number of nitrogens with one attached hydrogen (secondary N) is 1. The molecule has 1 atom stereocenters. The van der Waals surface area contributed by atoms with Gasteiger partial charge in [-0.05, 0) is 25.0 Å². The number of nitrogens with zero attached hydrogens (tertiary/aromatic N) is 1. The van der Waals surface area contributed by atoms with E-state index < -0.39 is 5.82 Å². The molecule has 1 aromatic rings. The Morgan fingerprint density at radius 3 is 3.05 bits per heavy atom. The fourth-order valence-corrected chi connectivity index (χ4v) is 2.16. The van der Waals surface area contributed by atoms with Gasteiger partial charge in [0.15, 0.2) is 0 Å². The van der Waals surface area contributed by atoms with Gasteiger partial charge < -0.3 is 19.7 Å². The topological polar surface area (TPSA) is 50.8 Å². The van der Waals surface area contributed by atoms with Gasteiger partial charge in [-0.3, -0.25) is 0 Å². The van der Waals surface area contributed by atoms with Crippen molar-refractivity contribution >= 4 is 11.7 Å². The monoisotopic (exact) mass is 282 g/mol. The normalized spacial score (nSPS) is 17.9. The van der Waals surface area contributed by atoms with E-state index >= 15 is 0 Å². The van der Waals surface area contributed by atoms with Crippen molar-refractivity contribution in [1.82, 2.24) is 4.90 Å². The summed E-state index contributed by atoms with van der Waals surface area (Å²) in [6.07, 6.45) is 2.10. The van der Waals surface area contributed by atoms with E-state index in [2.05, 4.69) is 5.32 Å². The van der Waals surface area contributed by atoms with Crippen LogP contribution in [0.5, 0.6) is 5.75 Å². The predicted octanol–water partition coefficient (Wildman–Crippen LogP) is 2.48. The molecule has 1 fully saturated rings. The third-order valence-corrected chi connectivity index (χ3v) is 3.25. The SMILES string of the molecule is COc1cc(F)ccc1NC(=O)N(C)CC1CCCO1. The fraction of sp³-hybridized carbons (Fsp3) is 0.500. The minimum atomic E-state index is -0.410. The first-order valence-electron chi connectivity index (χ1n) is 6.57. The predicted molar refractivity (Wildman–Crippen MR) is 73.6 cm³/mol. The van der Waals surface area contributed by atoms with Crippen molar-refractivity contribution in [3.05, 3.63) is 24.0 Å². The summed E-state index contributed by atoms with van der Waals surface area (Å²) < 4.78 is 23.6. The lowest BCUT2D eigenvalue weighted by atomic mass is 10.2. The number of anilines is 1. The number of hydrogen-bond acceptors (Lipinski definition) is 3. The molecule has 1 aromatic carbocycles. The highest BCUT2D eigenvalue weighted by Gasteiger charge is 2.20. The van der Waals surface area contributed by atoms with Gasteiger partial charge in [0, 0.05) is 26.3 Å². The molecule has 0 aliphatic carbocycles. The molecular weight excluding hydrogens is 263 g/mol. The summed E-state index contributed by atoms with van der Waals surface area (Å²) in [6, 6.07) is 3.71. The number of urea groups is 1. The summed E-state index contributed by atoms with van der Waals surface area (Å²) in [5.74, 6) is -0.114. The summed E-state index contributed by atoms with van der Waals surface area (Å²) in [5.41, 5.74) is 0.443. The van der Waals surface area contributed by atoms with Crippen molar-refractivity contribution in [2.75, 3.05) is 32.6 Å². The lowest BCUT2D eigenvalue weighted by Gasteiger charge is -2.21. The van der Waals surface area contributed by atoms with Crippen LogP contribution in [-0.2, 0) is 4.74 Å². The summed E-state index contributed by atoms with van der Waals surface area (Å²) in [6.45, 7) is 1.29. The van der Waals surface area contributed by atoms with Crippen LogP contribution in [0.2, 0.25) is 0 Å². The Labute approximate surface area is 117 Å². The Morgan fingerprint density at radius 2 is 2.40 bits per heavy atom. The number of methoxy groups -OCH3 is 1. The van der Waals surface area contributed by atoms with Gasteiger partial charge in [0.05, 0.1) is 18.9 Å². The molecule has 1 saturated heterocycles. The molecule has 6 heteroatoms. The highest BCUT2D eigenvalue weighted by atomic mass is 19.1. The Morgan fingerprint density at radius 1 is 1.60 bits per heavy atom. The van der Waals surface area contributed by atoms with E-state index in [1.54, 1.807) is 11.9 Å². The van der Waals surface area contributed by atoms with Crippen LogP contribution in [0, 0.1) is 5.82 Å². The minimum absolute atomic E-state index is 0.0980. The summed E-state index contributed by atoms with van der Waals surface area (Å²) >= 11 is 0. The van der Waals surface area contributed by atoms with Gasteiger partial charge in [-0.25, -0.2) is 9.18 Å². The Balaban J connectivity index is 1.96. The van der Waals surface area contributed by atoms with Gasteiger partial charge in [-0.2, -0.15) is 0 Å². The van der Waals surface area contributed by atoms with Gasteiger partial charge in [-0.1, -0.05) is 0 Å². The molecule has 0 aromatic heterocycles. The lowest BCUT2D eigenvalue weighted by Crippen LogP contribution is -2.37. The standard InChI is InChI=1S/C14H19FN2O3/c1-17(9-11-4-3-7-20-11)14(18)16-12-6-5-10(15)8-13(12)19-2/h5-6,8,11H,3-4,7,9H2,1-2H3,(H,16,18). The maximum Gasteiger partial charge on any atom is 0.321 e. The van der Waals surface area contributed by atoms with Gasteiger partial charge in [0.2, 0.25) is 0 Å². The second-order valence-corrected chi connectivity index (χ2v) is 4.79. The summed E-state index contributed by atoms with van der Waals surface area (Å²) in [7, 11) is 3.13. The van der Waals surface area contributed by atoms with Crippen LogP contribution in [0.4, 0.5) is 14.9 Å². The molecule has 0 saturated carbocycles. The number of halogens is 1. The third kappa shape index (κ3) is 3.60. The molecule has 110 valence electrons. The number of amides is 2. The molecule has 2 amide bonds. The number of ether oxygens (including phenoxy) is 2. The van der Waals surface area contributed by atoms with Crippen LogP contribution in [0.3, 0.4) is 0 Å². The molecule has 1 aliphatic heterocycles. The van der Waals surface area contributed by atoms with Crippen LogP contribution < -0.4 is 10.1 Å². The molecule has 5 nitrogen and oxygen atoms in total. The Bertz CT molecular complexity index is 475. The second kappa shape index (κ2) is 6.56. The highest BCUT2D eigenvalue weighted by Crippen LogP contribution is 2.25.